The van der Waals surface area contributed by atoms with E-state index in [0.717, 1.165) is 31.7 Å². The molecule has 1 amide bonds. The van der Waals surface area contributed by atoms with Crippen molar-refractivity contribution in [2.45, 2.75) is 31.6 Å². The van der Waals surface area contributed by atoms with Crippen LogP contribution in [0, 0.1) is 0 Å². The standard InChI is InChI=1S/C24H33N5O3S/c1-3-29(4-2)33(31,32)22-19-20(10-11-21(22)26-13-7-8-14-26)24(30)28-17-15-27(16-18-28)23-9-5-6-12-25-23/h5-6,9-12,19H,3-4,7-8,13-18H2,1-2H3. The molecule has 0 bridgehead atoms. The summed E-state index contributed by atoms with van der Waals surface area (Å²) in [5.41, 5.74) is 1.13. The molecule has 2 aliphatic rings. The number of nitrogens with zero attached hydrogens (tertiary/aromatic N) is 5. The van der Waals surface area contributed by atoms with E-state index in [9.17, 15) is 13.2 Å². The third-order valence-corrected chi connectivity index (χ3v) is 8.60. The molecule has 33 heavy (non-hydrogen) atoms. The second-order valence-corrected chi connectivity index (χ2v) is 10.3. The molecule has 0 aliphatic carbocycles. The van der Waals surface area contributed by atoms with Gasteiger partial charge in [-0.15, -0.1) is 0 Å². The Hall–Kier alpha value is -2.65. The van der Waals surface area contributed by atoms with Gasteiger partial charge in [0.15, 0.2) is 0 Å². The van der Waals surface area contributed by atoms with Crippen LogP contribution in [0.4, 0.5) is 11.5 Å². The Morgan fingerprint density at radius 1 is 0.939 bits per heavy atom. The van der Waals surface area contributed by atoms with Crippen molar-refractivity contribution in [1.29, 1.82) is 0 Å². The Balaban J connectivity index is 1.58. The van der Waals surface area contributed by atoms with Crippen LogP contribution >= 0.6 is 0 Å². The van der Waals surface area contributed by atoms with Gasteiger partial charge in [0, 0.05) is 64.1 Å². The third kappa shape index (κ3) is 4.84. The van der Waals surface area contributed by atoms with E-state index < -0.39 is 10.0 Å². The van der Waals surface area contributed by atoms with Gasteiger partial charge in [0.05, 0.1) is 5.69 Å². The summed E-state index contributed by atoms with van der Waals surface area (Å²) in [6, 6.07) is 11.0. The Morgan fingerprint density at radius 2 is 1.64 bits per heavy atom. The fourth-order valence-corrected chi connectivity index (χ4v) is 6.33. The molecule has 0 saturated carbocycles. The van der Waals surface area contributed by atoms with Gasteiger partial charge in [0.2, 0.25) is 10.0 Å². The van der Waals surface area contributed by atoms with Gasteiger partial charge in [-0.2, -0.15) is 4.31 Å². The van der Waals surface area contributed by atoms with E-state index in [-0.39, 0.29) is 10.8 Å². The van der Waals surface area contributed by atoms with Crippen molar-refractivity contribution in [1.82, 2.24) is 14.2 Å². The van der Waals surface area contributed by atoms with Crippen molar-refractivity contribution >= 4 is 27.4 Å². The lowest BCUT2D eigenvalue weighted by Gasteiger charge is -2.35. The largest absolute Gasteiger partial charge is 0.370 e. The predicted molar refractivity (Wildman–Crippen MR) is 130 cm³/mol. The van der Waals surface area contributed by atoms with Crippen molar-refractivity contribution in [3.8, 4) is 0 Å². The first-order valence-corrected chi connectivity index (χ1v) is 13.2. The highest BCUT2D eigenvalue weighted by Crippen LogP contribution is 2.32. The average molecular weight is 472 g/mol. The number of amides is 1. The minimum Gasteiger partial charge on any atom is -0.370 e. The maximum Gasteiger partial charge on any atom is 0.254 e. The highest BCUT2D eigenvalue weighted by Gasteiger charge is 2.30. The average Bonchev–Trinajstić information content (AvgIpc) is 3.39. The number of hydrogen-bond acceptors (Lipinski definition) is 6. The number of carbonyl (C=O) groups excluding carboxylic acids is 1. The minimum atomic E-state index is -3.70. The summed E-state index contributed by atoms with van der Waals surface area (Å²) in [5.74, 6) is 0.784. The number of piperazine rings is 1. The van der Waals surface area contributed by atoms with Gasteiger partial charge < -0.3 is 14.7 Å². The van der Waals surface area contributed by atoms with Crippen LogP contribution < -0.4 is 9.80 Å². The lowest BCUT2D eigenvalue weighted by molar-refractivity contribution is 0.0746. The van der Waals surface area contributed by atoms with E-state index in [0.29, 0.717) is 50.5 Å². The molecule has 0 radical (unpaired) electrons. The van der Waals surface area contributed by atoms with Crippen molar-refractivity contribution in [2.24, 2.45) is 0 Å². The maximum atomic E-state index is 13.5. The SMILES string of the molecule is CCN(CC)S(=O)(=O)c1cc(C(=O)N2CCN(c3ccccn3)CC2)ccc1N1CCCC1. The lowest BCUT2D eigenvalue weighted by Crippen LogP contribution is -2.49. The van der Waals surface area contributed by atoms with Crippen LogP contribution in [-0.2, 0) is 10.0 Å². The Labute approximate surface area is 196 Å². The molecule has 1 aromatic carbocycles. The highest BCUT2D eigenvalue weighted by molar-refractivity contribution is 7.89. The van der Waals surface area contributed by atoms with Crippen LogP contribution in [0.5, 0.6) is 0 Å². The fraction of sp³-hybridized carbons (Fsp3) is 0.500. The Morgan fingerprint density at radius 3 is 2.24 bits per heavy atom. The monoisotopic (exact) mass is 471 g/mol. The van der Waals surface area contributed by atoms with Gasteiger partial charge in [-0.1, -0.05) is 19.9 Å². The van der Waals surface area contributed by atoms with Gasteiger partial charge in [-0.25, -0.2) is 13.4 Å². The van der Waals surface area contributed by atoms with Crippen molar-refractivity contribution in [3.05, 3.63) is 48.2 Å². The van der Waals surface area contributed by atoms with Gasteiger partial charge in [-0.05, 0) is 43.2 Å². The van der Waals surface area contributed by atoms with Crippen molar-refractivity contribution in [2.75, 3.05) is 62.2 Å². The third-order valence-electron chi connectivity index (χ3n) is 6.52. The van der Waals surface area contributed by atoms with Gasteiger partial charge in [0.25, 0.3) is 5.91 Å². The molecule has 2 fully saturated rings. The predicted octanol–water partition coefficient (Wildman–Crippen LogP) is 2.67. The molecule has 0 spiro atoms. The van der Waals surface area contributed by atoms with Crippen molar-refractivity contribution < 1.29 is 13.2 Å². The second-order valence-electron chi connectivity index (χ2n) is 8.43. The van der Waals surface area contributed by atoms with E-state index in [1.165, 1.54) is 4.31 Å². The first-order valence-electron chi connectivity index (χ1n) is 11.8. The summed E-state index contributed by atoms with van der Waals surface area (Å²) in [7, 11) is -3.70. The zero-order valence-electron chi connectivity index (χ0n) is 19.5. The molecule has 3 heterocycles. The van der Waals surface area contributed by atoms with E-state index in [1.807, 2.05) is 38.1 Å². The summed E-state index contributed by atoms with van der Waals surface area (Å²) < 4.78 is 28.4. The molecular weight excluding hydrogens is 438 g/mol. The Kier molecular flexibility index (Phi) is 7.19. The topological polar surface area (TPSA) is 77.1 Å². The van der Waals surface area contributed by atoms with Gasteiger partial charge in [0.1, 0.15) is 10.7 Å². The smallest absolute Gasteiger partial charge is 0.254 e. The molecule has 0 atom stereocenters. The fourth-order valence-electron chi connectivity index (χ4n) is 4.64. The number of carbonyl (C=O) groups is 1. The van der Waals surface area contributed by atoms with Gasteiger partial charge in [-0.3, -0.25) is 4.79 Å². The van der Waals surface area contributed by atoms with Crippen LogP contribution in [0.25, 0.3) is 0 Å². The molecule has 4 rings (SSSR count). The summed E-state index contributed by atoms with van der Waals surface area (Å²) >= 11 is 0. The number of pyridine rings is 1. The second kappa shape index (κ2) is 10.1. The van der Waals surface area contributed by atoms with Crippen LogP contribution in [0.3, 0.4) is 0 Å². The van der Waals surface area contributed by atoms with Crippen LogP contribution in [-0.4, -0.2) is 80.9 Å². The number of anilines is 2. The number of sulfonamides is 1. The van der Waals surface area contributed by atoms with Crippen LogP contribution in [0.15, 0.2) is 47.5 Å². The summed E-state index contributed by atoms with van der Waals surface area (Å²) in [6.45, 7) is 8.67. The zero-order chi connectivity index (χ0) is 23.4. The molecule has 178 valence electrons. The molecular formula is C24H33N5O3S. The van der Waals surface area contributed by atoms with E-state index in [4.69, 9.17) is 0 Å². The van der Waals surface area contributed by atoms with Crippen LogP contribution in [0.2, 0.25) is 0 Å². The van der Waals surface area contributed by atoms with E-state index >= 15 is 0 Å². The maximum absolute atomic E-state index is 13.5. The summed E-state index contributed by atoms with van der Waals surface area (Å²) in [5, 5.41) is 0. The molecule has 2 aromatic rings. The molecule has 2 saturated heterocycles. The number of benzene rings is 1. The summed E-state index contributed by atoms with van der Waals surface area (Å²) in [6.07, 6.45) is 3.87. The number of hydrogen-bond donors (Lipinski definition) is 0. The van der Waals surface area contributed by atoms with Crippen molar-refractivity contribution in [3.63, 3.8) is 0 Å². The molecule has 0 N–H and O–H groups in total. The normalized spacial score (nSPS) is 17.1. The lowest BCUT2D eigenvalue weighted by atomic mass is 10.1. The highest BCUT2D eigenvalue weighted by atomic mass is 32.2. The molecule has 2 aliphatic heterocycles. The zero-order valence-corrected chi connectivity index (χ0v) is 20.3. The van der Waals surface area contributed by atoms with E-state index in [2.05, 4.69) is 14.8 Å². The summed E-state index contributed by atoms with van der Waals surface area (Å²) in [4.78, 5) is 24.1. The molecule has 1 aromatic heterocycles. The Bertz CT molecular complexity index is 1060. The molecule has 0 unspecified atom stereocenters. The number of aromatic nitrogens is 1. The quantitative estimate of drug-likeness (QED) is 0.618. The minimum absolute atomic E-state index is 0.125. The molecule has 9 heteroatoms. The molecule has 8 nitrogen and oxygen atoms in total. The van der Waals surface area contributed by atoms with Crippen LogP contribution in [0.1, 0.15) is 37.0 Å². The number of rotatable bonds is 7. The first kappa shape index (κ1) is 23.5. The van der Waals surface area contributed by atoms with Gasteiger partial charge >= 0.3 is 0 Å². The first-order chi connectivity index (χ1) is 16.0. The van der Waals surface area contributed by atoms with E-state index in [1.54, 1.807) is 23.2 Å².